The Hall–Kier alpha value is -0.440. The van der Waals surface area contributed by atoms with Crippen molar-refractivity contribution in [1.29, 1.82) is 0 Å². The Bertz CT molecular complexity index is 393. The quantitative estimate of drug-likeness (QED) is 0.585. The van der Waals surface area contributed by atoms with E-state index < -0.39 is 0 Å². The molecule has 1 unspecified atom stereocenters. The summed E-state index contributed by atoms with van der Waals surface area (Å²) in [5.74, 6) is -0.247. The highest BCUT2D eigenvalue weighted by atomic mass is 35.5. The van der Waals surface area contributed by atoms with Crippen LogP contribution in [-0.2, 0) is 9.53 Å². The van der Waals surface area contributed by atoms with Crippen molar-refractivity contribution in [2.75, 3.05) is 6.61 Å². The van der Waals surface area contributed by atoms with E-state index >= 15 is 0 Å². The summed E-state index contributed by atoms with van der Waals surface area (Å²) in [6.07, 6.45) is 0.767. The maximum atomic E-state index is 11.2. The van der Waals surface area contributed by atoms with Gasteiger partial charge in [0.2, 0.25) is 0 Å². The molecular formula is C12H13Cl3O2. The number of esters is 1. The van der Waals surface area contributed by atoms with Crippen molar-refractivity contribution < 1.29 is 9.53 Å². The van der Waals surface area contributed by atoms with Crippen LogP contribution in [0.1, 0.15) is 30.7 Å². The number of hydrogen-bond acceptors (Lipinski definition) is 2. The monoisotopic (exact) mass is 294 g/mol. The van der Waals surface area contributed by atoms with Crippen molar-refractivity contribution in [3.63, 3.8) is 0 Å². The summed E-state index contributed by atoms with van der Waals surface area (Å²) in [4.78, 5) is 11.2. The van der Waals surface area contributed by atoms with Gasteiger partial charge >= 0.3 is 5.97 Å². The Morgan fingerprint density at radius 3 is 2.71 bits per heavy atom. The molecule has 0 aliphatic carbocycles. The van der Waals surface area contributed by atoms with Gasteiger partial charge in [-0.15, -0.1) is 11.6 Å². The molecule has 0 spiro atoms. The number of benzene rings is 1. The molecule has 0 saturated heterocycles. The topological polar surface area (TPSA) is 26.3 Å². The molecule has 1 atom stereocenters. The van der Waals surface area contributed by atoms with E-state index in [9.17, 15) is 4.79 Å². The van der Waals surface area contributed by atoms with Gasteiger partial charge in [0.05, 0.1) is 12.0 Å². The van der Waals surface area contributed by atoms with Crippen molar-refractivity contribution in [1.82, 2.24) is 0 Å². The summed E-state index contributed by atoms with van der Waals surface area (Å²) in [5, 5.41) is 0.763. The molecule has 17 heavy (non-hydrogen) atoms. The molecule has 0 radical (unpaired) electrons. The molecule has 0 aromatic heterocycles. The van der Waals surface area contributed by atoms with Crippen LogP contribution >= 0.6 is 34.8 Å². The van der Waals surface area contributed by atoms with Gasteiger partial charge in [-0.2, -0.15) is 0 Å². The van der Waals surface area contributed by atoms with Crippen LogP contribution in [0.4, 0.5) is 0 Å². The van der Waals surface area contributed by atoms with Crippen molar-refractivity contribution >= 4 is 40.8 Å². The van der Waals surface area contributed by atoms with E-state index in [1.54, 1.807) is 25.1 Å². The Morgan fingerprint density at radius 1 is 1.41 bits per heavy atom. The van der Waals surface area contributed by atoms with Gasteiger partial charge in [-0.1, -0.05) is 29.3 Å². The second kappa shape index (κ2) is 7.10. The molecule has 1 rings (SSSR count). The van der Waals surface area contributed by atoms with Gasteiger partial charge < -0.3 is 4.74 Å². The van der Waals surface area contributed by atoms with Gasteiger partial charge in [-0.25, -0.2) is 0 Å². The van der Waals surface area contributed by atoms with Crippen molar-refractivity contribution in [3.8, 4) is 0 Å². The van der Waals surface area contributed by atoms with E-state index in [0.29, 0.717) is 23.1 Å². The molecule has 0 N–H and O–H groups in total. The number of ether oxygens (including phenoxy) is 1. The van der Waals surface area contributed by atoms with Crippen LogP contribution in [-0.4, -0.2) is 12.6 Å². The number of hydrogen-bond donors (Lipinski definition) is 0. The minimum absolute atomic E-state index is 0.247. The van der Waals surface area contributed by atoms with Crippen LogP contribution < -0.4 is 0 Å². The van der Waals surface area contributed by atoms with E-state index in [1.165, 1.54) is 0 Å². The normalized spacial score (nSPS) is 12.2. The van der Waals surface area contributed by atoms with Gasteiger partial charge in [0.25, 0.3) is 0 Å². The SMILES string of the molecule is CCOC(=O)CCC(Cl)c1ccc(Cl)cc1Cl. The van der Waals surface area contributed by atoms with Crippen LogP contribution in [0.25, 0.3) is 0 Å². The first kappa shape index (κ1) is 14.6. The maximum absolute atomic E-state index is 11.2. The molecule has 0 amide bonds. The Kier molecular flexibility index (Phi) is 6.10. The molecule has 0 aliphatic heterocycles. The van der Waals surface area contributed by atoms with Crippen molar-refractivity contribution in [2.24, 2.45) is 0 Å². The molecule has 0 heterocycles. The molecule has 1 aromatic rings. The lowest BCUT2D eigenvalue weighted by Crippen LogP contribution is -2.05. The maximum Gasteiger partial charge on any atom is 0.305 e. The Balaban J connectivity index is 2.57. The van der Waals surface area contributed by atoms with Crippen LogP contribution in [0.3, 0.4) is 0 Å². The van der Waals surface area contributed by atoms with Crippen molar-refractivity contribution in [3.05, 3.63) is 33.8 Å². The third-order valence-corrected chi connectivity index (χ3v) is 3.22. The van der Waals surface area contributed by atoms with Gasteiger partial charge in [0, 0.05) is 16.5 Å². The van der Waals surface area contributed by atoms with Crippen LogP contribution in [0, 0.1) is 0 Å². The molecule has 0 bridgehead atoms. The summed E-state index contributed by atoms with van der Waals surface area (Å²) in [7, 11) is 0. The first-order chi connectivity index (χ1) is 8.04. The highest BCUT2D eigenvalue weighted by Crippen LogP contribution is 2.33. The molecule has 1 aromatic carbocycles. The number of carbonyl (C=O) groups is 1. The van der Waals surface area contributed by atoms with Crippen LogP contribution in [0.5, 0.6) is 0 Å². The lowest BCUT2D eigenvalue weighted by molar-refractivity contribution is -0.143. The summed E-state index contributed by atoms with van der Waals surface area (Å²) >= 11 is 18.0. The van der Waals surface area contributed by atoms with E-state index in [4.69, 9.17) is 39.5 Å². The first-order valence-corrected chi connectivity index (χ1v) is 6.48. The fourth-order valence-electron chi connectivity index (χ4n) is 1.39. The zero-order valence-corrected chi connectivity index (χ0v) is 11.6. The third kappa shape index (κ3) is 4.74. The van der Waals surface area contributed by atoms with Gasteiger partial charge in [0.1, 0.15) is 0 Å². The molecule has 94 valence electrons. The average molecular weight is 296 g/mol. The standard InChI is InChI=1S/C12H13Cl3O2/c1-2-17-12(16)6-5-10(14)9-4-3-8(13)7-11(9)15/h3-4,7,10H,2,5-6H2,1H3. The fourth-order valence-corrected chi connectivity index (χ4v) is 2.28. The summed E-state index contributed by atoms with van der Waals surface area (Å²) in [6.45, 7) is 2.15. The summed E-state index contributed by atoms with van der Waals surface area (Å²) < 4.78 is 4.83. The number of carbonyl (C=O) groups excluding carboxylic acids is 1. The smallest absolute Gasteiger partial charge is 0.305 e. The second-order valence-electron chi connectivity index (χ2n) is 3.48. The van der Waals surface area contributed by atoms with Crippen molar-refractivity contribution in [2.45, 2.75) is 25.1 Å². The highest BCUT2D eigenvalue weighted by molar-refractivity contribution is 6.35. The Labute approximate surface area is 116 Å². The first-order valence-electron chi connectivity index (χ1n) is 5.29. The van der Waals surface area contributed by atoms with Gasteiger partial charge in [0.15, 0.2) is 0 Å². The zero-order valence-electron chi connectivity index (χ0n) is 9.38. The zero-order chi connectivity index (χ0) is 12.8. The van der Waals surface area contributed by atoms with Crippen LogP contribution in [0.15, 0.2) is 18.2 Å². The largest absolute Gasteiger partial charge is 0.466 e. The summed E-state index contributed by atoms with van der Waals surface area (Å²) in [6, 6.07) is 5.13. The van der Waals surface area contributed by atoms with E-state index in [0.717, 1.165) is 5.56 Å². The lowest BCUT2D eigenvalue weighted by atomic mass is 10.1. The second-order valence-corrected chi connectivity index (χ2v) is 4.85. The van der Waals surface area contributed by atoms with Gasteiger partial charge in [-0.05, 0) is 31.0 Å². The van der Waals surface area contributed by atoms with Gasteiger partial charge in [-0.3, -0.25) is 4.79 Å². The van der Waals surface area contributed by atoms with E-state index in [1.807, 2.05) is 0 Å². The third-order valence-electron chi connectivity index (χ3n) is 2.21. The lowest BCUT2D eigenvalue weighted by Gasteiger charge is -2.11. The predicted molar refractivity (Wildman–Crippen MR) is 70.9 cm³/mol. The molecular weight excluding hydrogens is 282 g/mol. The molecule has 5 heteroatoms. The minimum Gasteiger partial charge on any atom is -0.466 e. The molecule has 0 aliphatic rings. The van der Waals surface area contributed by atoms with E-state index in [-0.39, 0.29) is 17.8 Å². The number of alkyl halides is 1. The summed E-state index contributed by atoms with van der Waals surface area (Å²) in [5.41, 5.74) is 0.780. The molecule has 0 saturated carbocycles. The predicted octanol–water partition coefficient (Wildman–Crippen LogP) is 4.62. The Morgan fingerprint density at radius 2 is 2.12 bits per heavy atom. The fraction of sp³-hybridized carbons (Fsp3) is 0.417. The number of halogens is 3. The minimum atomic E-state index is -0.316. The van der Waals surface area contributed by atoms with Crippen LogP contribution in [0.2, 0.25) is 10.0 Å². The molecule has 2 nitrogen and oxygen atoms in total. The number of rotatable bonds is 5. The molecule has 0 fully saturated rings. The van der Waals surface area contributed by atoms with E-state index in [2.05, 4.69) is 0 Å². The highest BCUT2D eigenvalue weighted by Gasteiger charge is 2.14. The average Bonchev–Trinajstić information content (AvgIpc) is 2.26.